The summed E-state index contributed by atoms with van der Waals surface area (Å²) in [4.78, 5) is 10.3. The smallest absolute Gasteiger partial charge is 0.269 e. The summed E-state index contributed by atoms with van der Waals surface area (Å²) >= 11 is 0. The first-order valence-electron chi connectivity index (χ1n) is 6.87. The van der Waals surface area contributed by atoms with Gasteiger partial charge < -0.3 is 4.74 Å². The maximum atomic E-state index is 10.6. The normalized spacial score (nSPS) is 30.6. The predicted octanol–water partition coefficient (Wildman–Crippen LogP) is 2.77. The monoisotopic (exact) mass is 262 g/mol. The molecule has 1 saturated carbocycles. The van der Waals surface area contributed by atoms with Gasteiger partial charge in [-0.1, -0.05) is 12.8 Å². The lowest BCUT2D eigenvalue weighted by molar-refractivity contribution is -0.384. The van der Waals surface area contributed by atoms with Crippen LogP contribution in [0.3, 0.4) is 0 Å². The minimum absolute atomic E-state index is 0.120. The van der Waals surface area contributed by atoms with Crippen molar-refractivity contribution >= 4 is 5.69 Å². The van der Waals surface area contributed by atoms with E-state index in [1.165, 1.54) is 31.4 Å². The molecule has 0 radical (unpaired) electrons. The van der Waals surface area contributed by atoms with Gasteiger partial charge in [0, 0.05) is 18.7 Å². The standard InChI is InChI=1S/C14H18N2O3/c17-16(18)12-7-5-10(6-8-12)14-15-9-11-3-1-2-4-13(11)19-14/h5-8,11,13-15H,1-4,9H2/t11-,13+,14?/m1/s1. The number of nitrogens with one attached hydrogen (secondary N) is 1. The van der Waals surface area contributed by atoms with Crippen LogP contribution in [0.2, 0.25) is 0 Å². The lowest BCUT2D eigenvalue weighted by atomic mass is 9.85. The molecule has 3 rings (SSSR count). The van der Waals surface area contributed by atoms with Crippen LogP contribution in [0.15, 0.2) is 24.3 Å². The number of nitro benzene ring substituents is 1. The average Bonchev–Trinajstić information content (AvgIpc) is 2.47. The van der Waals surface area contributed by atoms with Crippen LogP contribution in [-0.2, 0) is 4.74 Å². The summed E-state index contributed by atoms with van der Waals surface area (Å²) in [6.45, 7) is 0.978. The Hall–Kier alpha value is -1.46. The van der Waals surface area contributed by atoms with Crippen molar-refractivity contribution in [3.63, 3.8) is 0 Å². The Kier molecular flexibility index (Phi) is 3.48. The van der Waals surface area contributed by atoms with Gasteiger partial charge in [-0.3, -0.25) is 15.4 Å². The topological polar surface area (TPSA) is 64.4 Å². The van der Waals surface area contributed by atoms with Gasteiger partial charge >= 0.3 is 0 Å². The Bertz CT molecular complexity index is 460. The molecule has 5 heteroatoms. The summed E-state index contributed by atoms with van der Waals surface area (Å²) in [6.07, 6.45) is 5.14. The second-order valence-electron chi connectivity index (χ2n) is 5.36. The van der Waals surface area contributed by atoms with Gasteiger partial charge in [-0.05, 0) is 36.5 Å². The third kappa shape index (κ3) is 2.62. The molecular formula is C14H18N2O3. The van der Waals surface area contributed by atoms with E-state index in [9.17, 15) is 10.1 Å². The molecule has 0 spiro atoms. The molecule has 102 valence electrons. The van der Waals surface area contributed by atoms with Crippen molar-refractivity contribution in [2.24, 2.45) is 5.92 Å². The van der Waals surface area contributed by atoms with E-state index < -0.39 is 0 Å². The van der Waals surface area contributed by atoms with E-state index in [0.29, 0.717) is 12.0 Å². The fourth-order valence-corrected chi connectivity index (χ4v) is 3.03. The van der Waals surface area contributed by atoms with E-state index in [4.69, 9.17) is 4.74 Å². The molecule has 1 aromatic carbocycles. The second-order valence-corrected chi connectivity index (χ2v) is 5.36. The lowest BCUT2D eigenvalue weighted by Crippen LogP contribution is -2.45. The van der Waals surface area contributed by atoms with Crippen LogP contribution in [0, 0.1) is 16.0 Å². The molecule has 1 aromatic rings. The number of ether oxygens (including phenoxy) is 1. The van der Waals surface area contributed by atoms with Gasteiger partial charge in [-0.15, -0.1) is 0 Å². The summed E-state index contributed by atoms with van der Waals surface area (Å²) in [5.41, 5.74) is 1.09. The molecule has 0 aromatic heterocycles. The molecule has 2 fully saturated rings. The lowest BCUT2D eigenvalue weighted by Gasteiger charge is -2.40. The number of hydrogen-bond donors (Lipinski definition) is 1. The first-order valence-corrected chi connectivity index (χ1v) is 6.87. The Morgan fingerprint density at radius 1 is 1.21 bits per heavy atom. The molecule has 1 N–H and O–H groups in total. The summed E-state index contributed by atoms with van der Waals surface area (Å²) in [5, 5.41) is 14.0. The van der Waals surface area contributed by atoms with E-state index in [2.05, 4.69) is 5.32 Å². The Balaban J connectivity index is 1.70. The van der Waals surface area contributed by atoms with Crippen LogP contribution in [0.25, 0.3) is 0 Å². The molecule has 1 heterocycles. The number of non-ortho nitro benzene ring substituents is 1. The fourth-order valence-electron chi connectivity index (χ4n) is 3.03. The fraction of sp³-hybridized carbons (Fsp3) is 0.571. The van der Waals surface area contributed by atoms with Crippen LogP contribution in [0.1, 0.15) is 37.5 Å². The number of rotatable bonds is 2. The van der Waals surface area contributed by atoms with Crippen LogP contribution in [0.4, 0.5) is 5.69 Å². The maximum absolute atomic E-state index is 10.6. The van der Waals surface area contributed by atoms with Crippen molar-refractivity contribution in [1.29, 1.82) is 0 Å². The van der Waals surface area contributed by atoms with Gasteiger partial charge in [0.1, 0.15) is 6.23 Å². The van der Waals surface area contributed by atoms with Gasteiger partial charge in [0.25, 0.3) is 5.69 Å². The first-order chi connectivity index (χ1) is 9.24. The number of hydrogen-bond acceptors (Lipinski definition) is 4. The third-order valence-electron chi connectivity index (χ3n) is 4.12. The zero-order valence-electron chi connectivity index (χ0n) is 10.7. The molecule has 0 amide bonds. The summed E-state index contributed by atoms with van der Waals surface area (Å²) in [5.74, 6) is 0.628. The molecule has 1 aliphatic carbocycles. The van der Waals surface area contributed by atoms with Gasteiger partial charge in [0.05, 0.1) is 11.0 Å². The molecule has 1 saturated heterocycles. The number of fused-ring (bicyclic) bond motifs is 1. The number of benzene rings is 1. The van der Waals surface area contributed by atoms with E-state index in [1.54, 1.807) is 12.1 Å². The molecule has 19 heavy (non-hydrogen) atoms. The summed E-state index contributed by atoms with van der Waals surface area (Å²) in [6, 6.07) is 6.62. The largest absolute Gasteiger partial charge is 0.356 e. The van der Waals surface area contributed by atoms with Gasteiger partial charge in [0.2, 0.25) is 0 Å². The van der Waals surface area contributed by atoms with Crippen molar-refractivity contribution in [2.45, 2.75) is 38.0 Å². The van der Waals surface area contributed by atoms with E-state index in [0.717, 1.165) is 18.5 Å². The van der Waals surface area contributed by atoms with E-state index in [1.807, 2.05) is 0 Å². The van der Waals surface area contributed by atoms with Crippen molar-refractivity contribution in [2.75, 3.05) is 6.54 Å². The summed E-state index contributed by atoms with van der Waals surface area (Å²) in [7, 11) is 0. The Labute approximate surface area is 112 Å². The van der Waals surface area contributed by atoms with E-state index in [-0.39, 0.29) is 16.8 Å². The maximum Gasteiger partial charge on any atom is 0.269 e. The zero-order chi connectivity index (χ0) is 13.2. The van der Waals surface area contributed by atoms with Crippen molar-refractivity contribution in [1.82, 2.24) is 5.32 Å². The van der Waals surface area contributed by atoms with E-state index >= 15 is 0 Å². The highest BCUT2D eigenvalue weighted by molar-refractivity contribution is 5.33. The number of nitrogens with zero attached hydrogens (tertiary/aromatic N) is 1. The van der Waals surface area contributed by atoms with Crippen molar-refractivity contribution < 1.29 is 9.66 Å². The minimum Gasteiger partial charge on any atom is -0.356 e. The molecule has 0 bridgehead atoms. The second kappa shape index (κ2) is 5.27. The highest BCUT2D eigenvalue weighted by Crippen LogP contribution is 2.34. The molecule has 1 aliphatic heterocycles. The minimum atomic E-state index is -0.379. The van der Waals surface area contributed by atoms with Gasteiger partial charge in [0.15, 0.2) is 0 Å². The zero-order valence-corrected chi connectivity index (χ0v) is 10.7. The molecule has 5 nitrogen and oxygen atoms in total. The Morgan fingerprint density at radius 2 is 1.95 bits per heavy atom. The first kappa shape index (κ1) is 12.6. The quantitative estimate of drug-likeness (QED) is 0.657. The average molecular weight is 262 g/mol. The number of nitro groups is 1. The van der Waals surface area contributed by atoms with Crippen LogP contribution in [-0.4, -0.2) is 17.6 Å². The van der Waals surface area contributed by atoms with Crippen LogP contribution in [0.5, 0.6) is 0 Å². The Morgan fingerprint density at radius 3 is 2.68 bits per heavy atom. The van der Waals surface area contributed by atoms with Crippen LogP contribution < -0.4 is 5.32 Å². The molecule has 2 aliphatic rings. The van der Waals surface area contributed by atoms with Crippen molar-refractivity contribution in [3.05, 3.63) is 39.9 Å². The third-order valence-corrected chi connectivity index (χ3v) is 4.12. The SMILES string of the molecule is O=[N+]([O-])c1ccc(C2NC[C@H]3CCCC[C@@H]3O2)cc1. The van der Waals surface area contributed by atoms with Crippen molar-refractivity contribution in [3.8, 4) is 0 Å². The van der Waals surface area contributed by atoms with Gasteiger partial charge in [-0.25, -0.2) is 0 Å². The highest BCUT2D eigenvalue weighted by atomic mass is 16.6. The predicted molar refractivity (Wildman–Crippen MR) is 70.7 cm³/mol. The molecule has 1 unspecified atom stereocenters. The van der Waals surface area contributed by atoms with Crippen LogP contribution >= 0.6 is 0 Å². The highest BCUT2D eigenvalue weighted by Gasteiger charge is 2.33. The van der Waals surface area contributed by atoms with Gasteiger partial charge in [-0.2, -0.15) is 0 Å². The molecular weight excluding hydrogens is 244 g/mol. The molecule has 3 atom stereocenters. The summed E-state index contributed by atoms with van der Waals surface area (Å²) < 4.78 is 6.10.